The molecule has 4 rings (SSSR count). The monoisotopic (exact) mass is 660 g/mol. The van der Waals surface area contributed by atoms with Gasteiger partial charge in [-0.05, 0) is 74.4 Å². The van der Waals surface area contributed by atoms with E-state index >= 15 is 0 Å². The molecular weight excluding hydrogens is 604 g/mol. The summed E-state index contributed by atoms with van der Waals surface area (Å²) in [5.74, 6) is -0.351. The third-order valence-electron chi connectivity index (χ3n) is 8.84. The largest absolute Gasteiger partial charge is 0.494 e. The van der Waals surface area contributed by atoms with Crippen LogP contribution in [0.2, 0.25) is 5.02 Å². The van der Waals surface area contributed by atoms with Crippen molar-refractivity contribution in [1.82, 2.24) is 0 Å². The fourth-order valence-electron chi connectivity index (χ4n) is 6.21. The SMILES string of the molecule is CCCCOCC12COC(c3ccc(Cl)c(Cc4ccc(OCC)cc4)c3)(O1)[C@H](OCCCC)[C@@H](OCCCC)[C@@H]2OCCCC. The van der Waals surface area contributed by atoms with Crippen LogP contribution in [0.3, 0.4) is 0 Å². The van der Waals surface area contributed by atoms with Crippen LogP contribution in [0.5, 0.6) is 5.75 Å². The number of unbranched alkanes of at least 4 members (excludes halogenated alkanes) is 4. The lowest BCUT2D eigenvalue weighted by atomic mass is 9.82. The molecule has 0 amide bonds. The van der Waals surface area contributed by atoms with Gasteiger partial charge in [0.25, 0.3) is 0 Å². The Balaban J connectivity index is 1.75. The molecule has 0 radical (unpaired) electrons. The Kier molecular flexibility index (Phi) is 15.1. The number of fused-ring (bicyclic) bond motifs is 2. The van der Waals surface area contributed by atoms with Gasteiger partial charge in [-0.25, -0.2) is 0 Å². The minimum atomic E-state index is -1.21. The zero-order chi connectivity index (χ0) is 32.8. The third kappa shape index (κ3) is 9.04. The summed E-state index contributed by atoms with van der Waals surface area (Å²) in [6.07, 6.45) is 7.23. The second kappa shape index (κ2) is 18.7. The summed E-state index contributed by atoms with van der Waals surface area (Å²) >= 11 is 6.83. The molecule has 46 heavy (non-hydrogen) atoms. The predicted octanol–water partition coefficient (Wildman–Crippen LogP) is 8.65. The number of halogens is 1. The van der Waals surface area contributed by atoms with Crippen molar-refractivity contribution >= 4 is 11.6 Å². The highest BCUT2D eigenvalue weighted by Gasteiger charge is 2.69. The number of rotatable bonds is 22. The zero-order valence-electron chi connectivity index (χ0n) is 28.8. The van der Waals surface area contributed by atoms with Crippen LogP contribution < -0.4 is 4.74 Å². The van der Waals surface area contributed by atoms with Crippen LogP contribution in [0.25, 0.3) is 0 Å². The quantitative estimate of drug-likeness (QED) is 0.117. The predicted molar refractivity (Wildman–Crippen MR) is 183 cm³/mol. The third-order valence-corrected chi connectivity index (χ3v) is 9.21. The topological polar surface area (TPSA) is 64.6 Å². The van der Waals surface area contributed by atoms with Gasteiger partial charge < -0.3 is 33.2 Å². The van der Waals surface area contributed by atoms with Crippen molar-refractivity contribution in [2.75, 3.05) is 46.2 Å². The molecule has 0 spiro atoms. The van der Waals surface area contributed by atoms with Crippen molar-refractivity contribution in [3.63, 3.8) is 0 Å². The van der Waals surface area contributed by atoms with Gasteiger partial charge in [0.15, 0.2) is 0 Å². The van der Waals surface area contributed by atoms with Gasteiger partial charge in [-0.15, -0.1) is 0 Å². The Hall–Kier alpha value is -1.71. The van der Waals surface area contributed by atoms with E-state index in [2.05, 4.69) is 45.9 Å². The molecule has 2 fully saturated rings. The van der Waals surface area contributed by atoms with Crippen molar-refractivity contribution in [3.8, 4) is 5.75 Å². The van der Waals surface area contributed by atoms with Crippen molar-refractivity contribution in [1.29, 1.82) is 0 Å². The molecule has 2 bridgehead atoms. The number of benzene rings is 2. The molecule has 2 aliphatic rings. The van der Waals surface area contributed by atoms with Crippen LogP contribution in [0, 0.1) is 0 Å². The van der Waals surface area contributed by atoms with Crippen LogP contribution in [-0.2, 0) is 40.6 Å². The normalized spacial score (nSPS) is 25.7. The van der Waals surface area contributed by atoms with Crippen molar-refractivity contribution in [2.45, 2.75) is 122 Å². The lowest BCUT2D eigenvalue weighted by Gasteiger charge is -2.51. The molecule has 2 aromatic rings. The molecule has 2 aromatic carbocycles. The minimum Gasteiger partial charge on any atom is -0.494 e. The summed E-state index contributed by atoms with van der Waals surface area (Å²) in [7, 11) is 0. The smallest absolute Gasteiger partial charge is 0.225 e. The highest BCUT2D eigenvalue weighted by molar-refractivity contribution is 6.31. The Morgan fingerprint density at radius 3 is 2.04 bits per heavy atom. The molecular formula is C38H57ClO7. The molecule has 5 atom stereocenters. The van der Waals surface area contributed by atoms with E-state index in [9.17, 15) is 0 Å². The van der Waals surface area contributed by atoms with Gasteiger partial charge in [0, 0.05) is 37.0 Å². The van der Waals surface area contributed by atoms with Gasteiger partial charge in [-0.2, -0.15) is 0 Å². The lowest BCUT2D eigenvalue weighted by molar-refractivity contribution is -0.350. The Morgan fingerprint density at radius 2 is 1.39 bits per heavy atom. The van der Waals surface area contributed by atoms with Gasteiger partial charge >= 0.3 is 0 Å². The first kappa shape index (κ1) is 37.1. The molecule has 2 aliphatic heterocycles. The van der Waals surface area contributed by atoms with E-state index in [-0.39, 0.29) is 0 Å². The summed E-state index contributed by atoms with van der Waals surface area (Å²) in [4.78, 5) is 0. The Labute approximate surface area is 282 Å². The average molecular weight is 661 g/mol. The molecule has 2 unspecified atom stereocenters. The summed E-state index contributed by atoms with van der Waals surface area (Å²) in [6.45, 7) is 14.4. The van der Waals surface area contributed by atoms with E-state index in [0.717, 1.165) is 73.8 Å². The van der Waals surface area contributed by atoms with Gasteiger partial charge in [-0.3, -0.25) is 0 Å². The molecule has 0 saturated carbocycles. The Bertz CT molecular complexity index is 1160. The van der Waals surface area contributed by atoms with Gasteiger partial charge in [-0.1, -0.05) is 83.2 Å². The van der Waals surface area contributed by atoms with Gasteiger partial charge in [0.05, 0.1) is 19.8 Å². The summed E-state index contributed by atoms with van der Waals surface area (Å²) in [6, 6.07) is 14.2. The maximum atomic E-state index is 7.21. The van der Waals surface area contributed by atoms with Crippen LogP contribution in [0.4, 0.5) is 0 Å². The van der Waals surface area contributed by atoms with E-state index in [1.807, 2.05) is 31.2 Å². The first-order valence-electron chi connectivity index (χ1n) is 17.7. The second-order valence-corrected chi connectivity index (χ2v) is 13.0. The van der Waals surface area contributed by atoms with E-state index in [4.69, 9.17) is 44.8 Å². The maximum Gasteiger partial charge on any atom is 0.225 e. The second-order valence-electron chi connectivity index (χ2n) is 12.6. The van der Waals surface area contributed by atoms with Gasteiger partial charge in [0.2, 0.25) is 5.79 Å². The van der Waals surface area contributed by atoms with Gasteiger partial charge in [0.1, 0.15) is 29.7 Å². The van der Waals surface area contributed by atoms with Crippen molar-refractivity contribution < 1.29 is 33.2 Å². The minimum absolute atomic E-state index is 0.314. The highest BCUT2D eigenvalue weighted by atomic mass is 35.5. The number of ether oxygens (including phenoxy) is 7. The van der Waals surface area contributed by atoms with E-state index in [0.29, 0.717) is 57.7 Å². The number of hydrogen-bond acceptors (Lipinski definition) is 7. The van der Waals surface area contributed by atoms with Crippen LogP contribution in [-0.4, -0.2) is 70.2 Å². The lowest BCUT2D eigenvalue weighted by Crippen LogP contribution is -2.68. The molecule has 8 heteroatoms. The van der Waals surface area contributed by atoms with Crippen LogP contribution >= 0.6 is 11.6 Å². The zero-order valence-corrected chi connectivity index (χ0v) is 29.6. The molecule has 7 nitrogen and oxygen atoms in total. The first-order chi connectivity index (χ1) is 22.5. The summed E-state index contributed by atoms with van der Waals surface area (Å²) < 4.78 is 46.3. The van der Waals surface area contributed by atoms with Crippen LogP contribution in [0.1, 0.15) is 103 Å². The standard InChI is InChI=1S/C38H57ClO7/c1-6-11-21-40-27-37-28-45-38(46-37,31-17-20-33(39)30(26-31)25-29-15-18-32(19-16-29)41-10-5)36(44-24-14-9-4)34(42-22-12-7-2)35(37)43-23-13-8-3/h15-20,26,34-36H,6-14,21-25,27-28H2,1-5H3/t34-,35-,36+,37?,38?/m0/s1. The van der Waals surface area contributed by atoms with Crippen molar-refractivity contribution in [2.24, 2.45) is 0 Å². The van der Waals surface area contributed by atoms with Crippen LogP contribution in [0.15, 0.2) is 42.5 Å². The molecule has 0 aromatic heterocycles. The average Bonchev–Trinajstić information content (AvgIpc) is 3.42. The molecule has 0 N–H and O–H groups in total. The van der Waals surface area contributed by atoms with E-state index in [1.54, 1.807) is 0 Å². The molecule has 258 valence electrons. The number of hydrogen-bond donors (Lipinski definition) is 0. The Morgan fingerprint density at radius 1 is 0.761 bits per heavy atom. The fourth-order valence-corrected chi connectivity index (χ4v) is 6.40. The summed E-state index contributed by atoms with van der Waals surface area (Å²) in [5, 5.41) is 0.692. The first-order valence-corrected chi connectivity index (χ1v) is 18.1. The molecule has 2 saturated heterocycles. The van der Waals surface area contributed by atoms with E-state index in [1.165, 1.54) is 0 Å². The molecule has 0 aliphatic carbocycles. The molecule has 2 heterocycles. The van der Waals surface area contributed by atoms with E-state index < -0.39 is 29.7 Å². The summed E-state index contributed by atoms with van der Waals surface area (Å²) in [5.41, 5.74) is 2.14. The highest BCUT2D eigenvalue weighted by Crippen LogP contribution is 2.53. The van der Waals surface area contributed by atoms with Crippen molar-refractivity contribution in [3.05, 3.63) is 64.2 Å². The fraction of sp³-hybridized carbons (Fsp3) is 0.684. The maximum absolute atomic E-state index is 7.21.